The van der Waals surface area contributed by atoms with Crippen LogP contribution < -0.4 is 11.2 Å². The van der Waals surface area contributed by atoms with Crippen molar-refractivity contribution in [2.45, 2.75) is 13.0 Å². The number of fused-ring (bicyclic) bond motifs is 1. The van der Waals surface area contributed by atoms with E-state index in [-0.39, 0.29) is 5.56 Å². The highest BCUT2D eigenvalue weighted by atomic mass is 19.1. The number of nitrogens with zero attached hydrogens (tertiary/aromatic N) is 2. The van der Waals surface area contributed by atoms with Gasteiger partial charge in [0.2, 0.25) is 0 Å². The van der Waals surface area contributed by atoms with E-state index < -0.39 is 11.7 Å². The van der Waals surface area contributed by atoms with Gasteiger partial charge in [-0.2, -0.15) is 0 Å². The number of nitrogens with two attached hydrogens (primary N) is 1. The molecule has 3 rings (SSSR count). The van der Waals surface area contributed by atoms with Gasteiger partial charge in [-0.1, -0.05) is 18.1 Å². The van der Waals surface area contributed by atoms with Crippen LogP contribution in [0.2, 0.25) is 0 Å². The van der Waals surface area contributed by atoms with E-state index in [1.54, 1.807) is 23.3 Å². The summed E-state index contributed by atoms with van der Waals surface area (Å²) in [7, 11) is 0. The lowest BCUT2D eigenvalue weighted by atomic mass is 10.2. The van der Waals surface area contributed by atoms with Crippen LogP contribution in [0.5, 0.6) is 0 Å². The molecule has 138 valence electrons. The first-order chi connectivity index (χ1) is 13.1. The molecule has 0 atom stereocenters. The maximum Gasteiger partial charge on any atom is 0.296 e. The van der Waals surface area contributed by atoms with Gasteiger partial charge in [0.25, 0.3) is 5.91 Å². The van der Waals surface area contributed by atoms with Crippen LogP contribution in [-0.2, 0) is 11.3 Å². The third-order valence-corrected chi connectivity index (χ3v) is 4.02. The molecule has 0 bridgehead atoms. The summed E-state index contributed by atoms with van der Waals surface area (Å²) in [6.07, 6.45) is 4.27. The smallest absolute Gasteiger partial charge is 0.296 e. The van der Waals surface area contributed by atoms with Gasteiger partial charge in [-0.25, -0.2) is 14.4 Å². The number of benzene rings is 1. The summed E-state index contributed by atoms with van der Waals surface area (Å²) >= 11 is 0. The van der Waals surface area contributed by atoms with Gasteiger partial charge in [0.1, 0.15) is 11.5 Å². The Morgan fingerprint density at radius 3 is 3.00 bits per heavy atom. The molecule has 0 spiro atoms. The number of carbonyl (C=O) groups excluding carboxylic acids is 1. The van der Waals surface area contributed by atoms with E-state index in [4.69, 9.17) is 5.84 Å². The quantitative estimate of drug-likeness (QED) is 0.270. The Morgan fingerprint density at radius 2 is 2.15 bits per heavy atom. The molecule has 4 N–H and O–H groups in total. The fourth-order valence-corrected chi connectivity index (χ4v) is 2.67. The molecule has 0 radical (unpaired) electrons. The van der Waals surface area contributed by atoms with Crippen LogP contribution in [0.3, 0.4) is 0 Å². The number of hydrogen-bond donors (Lipinski definition) is 3. The Morgan fingerprint density at radius 1 is 1.30 bits per heavy atom. The number of pyridine rings is 1. The van der Waals surface area contributed by atoms with Crippen molar-refractivity contribution in [3.05, 3.63) is 65.7 Å². The second-order valence-corrected chi connectivity index (χ2v) is 6.02. The van der Waals surface area contributed by atoms with E-state index in [9.17, 15) is 9.18 Å². The van der Waals surface area contributed by atoms with Crippen LogP contribution in [0.25, 0.3) is 11.0 Å². The highest BCUT2D eigenvalue weighted by molar-refractivity contribution is 5.94. The van der Waals surface area contributed by atoms with Gasteiger partial charge >= 0.3 is 0 Å². The number of halogens is 1. The van der Waals surface area contributed by atoms with E-state index in [0.29, 0.717) is 26.1 Å². The first-order valence-electron chi connectivity index (χ1n) is 8.58. The van der Waals surface area contributed by atoms with Crippen molar-refractivity contribution in [1.82, 2.24) is 20.3 Å². The molecule has 1 aromatic carbocycles. The predicted octanol–water partition coefficient (Wildman–Crippen LogP) is 1.94. The molecule has 0 aliphatic carbocycles. The number of amides is 1. The first-order valence-corrected chi connectivity index (χ1v) is 8.58. The normalized spacial score (nSPS) is 10.6. The molecule has 0 fully saturated rings. The number of carbonyl (C=O) groups is 1. The van der Waals surface area contributed by atoms with Crippen LogP contribution in [-0.4, -0.2) is 34.0 Å². The molecule has 0 saturated heterocycles. The fourth-order valence-electron chi connectivity index (χ4n) is 2.67. The Labute approximate surface area is 156 Å². The monoisotopic (exact) mass is 365 g/mol. The van der Waals surface area contributed by atoms with Gasteiger partial charge in [0, 0.05) is 43.3 Å². The average Bonchev–Trinajstić information content (AvgIpc) is 3.14. The van der Waals surface area contributed by atoms with Crippen molar-refractivity contribution in [2.75, 3.05) is 13.1 Å². The highest BCUT2D eigenvalue weighted by Gasteiger charge is 2.06. The minimum atomic E-state index is -0.441. The molecule has 0 aliphatic heterocycles. The van der Waals surface area contributed by atoms with Gasteiger partial charge in [-0.15, -0.1) is 0 Å². The van der Waals surface area contributed by atoms with E-state index in [0.717, 1.165) is 16.6 Å². The van der Waals surface area contributed by atoms with Crippen molar-refractivity contribution in [3.63, 3.8) is 0 Å². The maximum atomic E-state index is 13.4. The molecule has 2 heterocycles. The largest absolute Gasteiger partial charge is 0.346 e. The zero-order chi connectivity index (χ0) is 19.1. The second-order valence-electron chi connectivity index (χ2n) is 6.02. The van der Waals surface area contributed by atoms with Gasteiger partial charge in [-0.3, -0.25) is 10.6 Å². The Balaban J connectivity index is 1.42. The lowest BCUT2D eigenvalue weighted by molar-refractivity contribution is -0.115. The molecule has 27 heavy (non-hydrogen) atoms. The van der Waals surface area contributed by atoms with E-state index in [2.05, 4.69) is 27.1 Å². The van der Waals surface area contributed by atoms with Crippen LogP contribution in [0.1, 0.15) is 17.5 Å². The third kappa shape index (κ3) is 5.14. The number of rotatable bonds is 6. The van der Waals surface area contributed by atoms with Crippen molar-refractivity contribution in [2.24, 2.45) is 5.84 Å². The number of aromatic amines is 1. The molecule has 0 aliphatic rings. The number of H-pyrrole nitrogens is 1. The van der Waals surface area contributed by atoms with Crippen molar-refractivity contribution >= 4 is 16.9 Å². The topological polar surface area (TPSA) is 87.0 Å². The molecule has 3 aromatic rings. The summed E-state index contributed by atoms with van der Waals surface area (Å²) in [5, 5.41) is 5.42. The molecule has 6 nitrogen and oxygen atoms in total. The van der Waals surface area contributed by atoms with Crippen molar-refractivity contribution in [1.29, 1.82) is 0 Å². The minimum Gasteiger partial charge on any atom is -0.346 e. The second kappa shape index (κ2) is 8.94. The Kier molecular flexibility index (Phi) is 6.15. The summed E-state index contributed by atoms with van der Waals surface area (Å²) < 4.78 is 13.4. The summed E-state index contributed by atoms with van der Waals surface area (Å²) in [5.41, 5.74) is 2.12. The molecule has 0 saturated carbocycles. The zero-order valence-corrected chi connectivity index (χ0v) is 14.7. The minimum absolute atomic E-state index is 0.203. The fraction of sp³-hybridized carbons (Fsp3) is 0.200. The van der Waals surface area contributed by atoms with Crippen LogP contribution in [0, 0.1) is 17.7 Å². The molecular formula is C20H20FN5O. The average molecular weight is 365 g/mol. The summed E-state index contributed by atoms with van der Waals surface area (Å²) in [6, 6.07) is 10.00. The maximum absolute atomic E-state index is 13.4. The van der Waals surface area contributed by atoms with Crippen LogP contribution in [0.4, 0.5) is 4.39 Å². The van der Waals surface area contributed by atoms with Gasteiger partial charge in [-0.05, 0) is 36.2 Å². The number of hydrogen-bond acceptors (Lipinski definition) is 4. The standard InChI is InChI=1S/C20H20FN5O/c21-18-5-2-1-4-15(18)6-7-19(27)23-10-3-13-26(22)14-16-8-11-24-20-17(16)9-12-25-20/h1-2,4-5,8-9,11-12H,3,10,13-14,22H2,(H,23,27)(H,24,25). The Bertz CT molecular complexity index is 988. The van der Waals surface area contributed by atoms with Gasteiger partial charge in [0.05, 0.1) is 5.56 Å². The lowest BCUT2D eigenvalue weighted by Gasteiger charge is -2.16. The summed E-state index contributed by atoms with van der Waals surface area (Å²) in [4.78, 5) is 19.0. The van der Waals surface area contributed by atoms with E-state index in [1.807, 2.05) is 18.3 Å². The number of aromatic nitrogens is 2. The van der Waals surface area contributed by atoms with Crippen molar-refractivity contribution < 1.29 is 9.18 Å². The SMILES string of the molecule is NN(CCCNC(=O)C#Cc1ccccc1F)Cc1ccnc2[nH]ccc12. The number of hydrazine groups is 1. The molecule has 2 aromatic heterocycles. The number of nitrogens with one attached hydrogen (secondary N) is 2. The summed E-state index contributed by atoms with van der Waals surface area (Å²) in [6.45, 7) is 1.63. The first kappa shape index (κ1) is 18.6. The van der Waals surface area contributed by atoms with Crippen LogP contribution in [0.15, 0.2) is 48.8 Å². The van der Waals surface area contributed by atoms with E-state index >= 15 is 0 Å². The van der Waals surface area contributed by atoms with Gasteiger partial charge in [0.15, 0.2) is 0 Å². The predicted molar refractivity (Wildman–Crippen MR) is 102 cm³/mol. The highest BCUT2D eigenvalue weighted by Crippen LogP contribution is 2.16. The van der Waals surface area contributed by atoms with E-state index in [1.165, 1.54) is 12.1 Å². The van der Waals surface area contributed by atoms with Crippen LogP contribution >= 0.6 is 0 Å². The Hall–Kier alpha value is -3.21. The van der Waals surface area contributed by atoms with Gasteiger partial charge < -0.3 is 10.3 Å². The van der Waals surface area contributed by atoms with Crippen molar-refractivity contribution in [3.8, 4) is 11.8 Å². The molecule has 0 unspecified atom stereocenters. The summed E-state index contributed by atoms with van der Waals surface area (Å²) in [5.74, 6) is 10.1. The molecular weight excluding hydrogens is 345 g/mol. The molecule has 1 amide bonds. The zero-order valence-electron chi connectivity index (χ0n) is 14.7. The molecule has 7 heteroatoms. The lowest BCUT2D eigenvalue weighted by Crippen LogP contribution is -2.34. The third-order valence-electron chi connectivity index (χ3n) is 4.02.